The molecule has 1 nitrogen and oxygen atoms in total. The molecule has 1 aliphatic rings. The number of rotatable bonds is 1. The van der Waals surface area contributed by atoms with Crippen LogP contribution >= 0.6 is 0 Å². The summed E-state index contributed by atoms with van der Waals surface area (Å²) >= 11 is 0. The Morgan fingerprint density at radius 3 is 3.07 bits per heavy atom. The van der Waals surface area contributed by atoms with Crippen LogP contribution in [0.15, 0.2) is 18.2 Å². The van der Waals surface area contributed by atoms with E-state index in [4.69, 9.17) is 6.42 Å². The van der Waals surface area contributed by atoms with Gasteiger partial charge in [0.25, 0.3) is 0 Å². The van der Waals surface area contributed by atoms with E-state index < -0.39 is 0 Å². The van der Waals surface area contributed by atoms with Gasteiger partial charge in [-0.1, -0.05) is 5.92 Å². The quantitative estimate of drug-likeness (QED) is 0.607. The molecule has 14 heavy (non-hydrogen) atoms. The Morgan fingerprint density at radius 2 is 2.36 bits per heavy atom. The van der Waals surface area contributed by atoms with E-state index in [1.807, 2.05) is 6.07 Å². The Balaban J connectivity index is 2.42. The van der Waals surface area contributed by atoms with E-state index in [2.05, 4.69) is 29.9 Å². The molecule has 0 bridgehead atoms. The van der Waals surface area contributed by atoms with Gasteiger partial charge in [0.05, 0.1) is 0 Å². The summed E-state index contributed by atoms with van der Waals surface area (Å²) in [5, 5.41) is 0. The zero-order valence-corrected chi connectivity index (χ0v) is 8.59. The molecule has 0 atom stereocenters. The second-order valence-electron chi connectivity index (χ2n) is 3.67. The topological polar surface area (TPSA) is 3.24 Å². The summed E-state index contributed by atoms with van der Waals surface area (Å²) in [6.07, 6.45) is 7.80. The third-order valence-corrected chi connectivity index (χ3v) is 2.84. The largest absolute Gasteiger partial charge is 0.372 e. The summed E-state index contributed by atoms with van der Waals surface area (Å²) in [7, 11) is 0. The highest BCUT2D eigenvalue weighted by Crippen LogP contribution is 2.27. The van der Waals surface area contributed by atoms with E-state index in [9.17, 15) is 0 Å². The van der Waals surface area contributed by atoms with Gasteiger partial charge >= 0.3 is 0 Å². The van der Waals surface area contributed by atoms with Gasteiger partial charge in [-0.15, -0.1) is 6.42 Å². The molecular formula is C13H15N. The maximum Gasteiger partial charge on any atom is 0.0399 e. The lowest BCUT2D eigenvalue weighted by atomic mass is 9.99. The van der Waals surface area contributed by atoms with Crippen molar-refractivity contribution < 1.29 is 0 Å². The maximum absolute atomic E-state index is 5.39. The first-order valence-electron chi connectivity index (χ1n) is 5.19. The Morgan fingerprint density at radius 1 is 1.50 bits per heavy atom. The third kappa shape index (κ3) is 1.48. The first kappa shape index (κ1) is 9.15. The summed E-state index contributed by atoms with van der Waals surface area (Å²) < 4.78 is 0. The van der Waals surface area contributed by atoms with Gasteiger partial charge in [-0.05, 0) is 43.5 Å². The van der Waals surface area contributed by atoms with Crippen LogP contribution in [-0.4, -0.2) is 13.1 Å². The van der Waals surface area contributed by atoms with Gasteiger partial charge in [-0.2, -0.15) is 0 Å². The van der Waals surface area contributed by atoms with Gasteiger partial charge < -0.3 is 4.90 Å². The minimum Gasteiger partial charge on any atom is -0.372 e. The van der Waals surface area contributed by atoms with Crippen molar-refractivity contribution in [3.05, 3.63) is 29.3 Å². The fourth-order valence-electron chi connectivity index (χ4n) is 2.09. The molecule has 0 aliphatic carbocycles. The molecule has 0 radical (unpaired) electrons. The molecule has 2 rings (SSSR count). The highest BCUT2D eigenvalue weighted by Gasteiger charge is 2.14. The van der Waals surface area contributed by atoms with Crippen molar-refractivity contribution in [2.24, 2.45) is 0 Å². The lowest BCUT2D eigenvalue weighted by molar-refractivity contribution is 0.707. The molecule has 0 saturated heterocycles. The summed E-state index contributed by atoms with van der Waals surface area (Å²) in [5.41, 5.74) is 3.79. The molecule has 1 aromatic rings. The van der Waals surface area contributed by atoms with Crippen molar-refractivity contribution >= 4 is 5.69 Å². The molecule has 0 fully saturated rings. The Hall–Kier alpha value is -1.42. The van der Waals surface area contributed by atoms with Crippen LogP contribution < -0.4 is 4.90 Å². The first-order chi connectivity index (χ1) is 6.85. The van der Waals surface area contributed by atoms with Gasteiger partial charge in [0.1, 0.15) is 0 Å². The molecule has 0 aromatic heterocycles. The van der Waals surface area contributed by atoms with Crippen molar-refractivity contribution in [3.8, 4) is 12.3 Å². The number of hydrogen-bond donors (Lipinski definition) is 0. The SMILES string of the molecule is C#Cc1ccc2c(c1)CCCN2CC. The first-order valence-corrected chi connectivity index (χ1v) is 5.19. The standard InChI is InChI=1S/C13H15N/c1-3-11-7-8-13-12(10-11)6-5-9-14(13)4-2/h1,7-8,10H,4-6,9H2,2H3. The average molecular weight is 185 g/mol. The van der Waals surface area contributed by atoms with E-state index in [0.717, 1.165) is 12.1 Å². The normalized spacial score (nSPS) is 14.7. The molecule has 0 amide bonds. The predicted molar refractivity (Wildman–Crippen MR) is 60.6 cm³/mol. The van der Waals surface area contributed by atoms with Gasteiger partial charge in [-0.25, -0.2) is 0 Å². The number of benzene rings is 1. The molecule has 0 unspecified atom stereocenters. The van der Waals surface area contributed by atoms with Gasteiger partial charge in [0.2, 0.25) is 0 Å². The fraction of sp³-hybridized carbons (Fsp3) is 0.385. The summed E-state index contributed by atoms with van der Waals surface area (Å²) in [5.74, 6) is 2.69. The highest BCUT2D eigenvalue weighted by atomic mass is 15.1. The zero-order chi connectivity index (χ0) is 9.97. The Kier molecular flexibility index (Phi) is 2.45. The summed E-state index contributed by atoms with van der Waals surface area (Å²) in [6.45, 7) is 4.46. The van der Waals surface area contributed by atoms with Crippen molar-refractivity contribution in [1.29, 1.82) is 0 Å². The van der Waals surface area contributed by atoms with E-state index >= 15 is 0 Å². The Bertz CT molecular complexity index is 373. The molecule has 1 aliphatic heterocycles. The van der Waals surface area contributed by atoms with Crippen LogP contribution in [0, 0.1) is 12.3 Å². The lowest BCUT2D eigenvalue weighted by Gasteiger charge is -2.30. The number of fused-ring (bicyclic) bond motifs is 1. The molecule has 1 heteroatoms. The van der Waals surface area contributed by atoms with Crippen LogP contribution in [0.1, 0.15) is 24.5 Å². The predicted octanol–water partition coefficient (Wildman–Crippen LogP) is 2.44. The molecule has 0 N–H and O–H groups in total. The molecule has 1 aromatic carbocycles. The number of hydrogen-bond acceptors (Lipinski definition) is 1. The number of anilines is 1. The second-order valence-corrected chi connectivity index (χ2v) is 3.67. The average Bonchev–Trinajstić information content (AvgIpc) is 2.27. The van der Waals surface area contributed by atoms with Crippen molar-refractivity contribution in [2.45, 2.75) is 19.8 Å². The maximum atomic E-state index is 5.39. The Labute approximate surface area is 85.7 Å². The van der Waals surface area contributed by atoms with Crippen LogP contribution in [-0.2, 0) is 6.42 Å². The van der Waals surface area contributed by atoms with Crippen LogP contribution in [0.4, 0.5) is 5.69 Å². The molecule has 0 spiro atoms. The minimum atomic E-state index is 1.00. The number of terminal acetylenes is 1. The van der Waals surface area contributed by atoms with Crippen LogP contribution in [0.25, 0.3) is 0 Å². The van der Waals surface area contributed by atoms with Crippen molar-refractivity contribution in [2.75, 3.05) is 18.0 Å². The second kappa shape index (κ2) is 3.75. The zero-order valence-electron chi connectivity index (χ0n) is 8.59. The lowest BCUT2D eigenvalue weighted by Crippen LogP contribution is -2.28. The van der Waals surface area contributed by atoms with E-state index in [1.54, 1.807) is 0 Å². The fourth-order valence-corrected chi connectivity index (χ4v) is 2.09. The number of nitrogens with zero attached hydrogens (tertiary/aromatic N) is 1. The molecule has 72 valence electrons. The van der Waals surface area contributed by atoms with Gasteiger partial charge in [-0.3, -0.25) is 0 Å². The number of aryl methyl sites for hydroxylation is 1. The summed E-state index contributed by atoms with van der Waals surface area (Å²) in [6, 6.07) is 6.34. The smallest absolute Gasteiger partial charge is 0.0399 e. The van der Waals surface area contributed by atoms with Crippen molar-refractivity contribution in [1.82, 2.24) is 0 Å². The molecule has 0 saturated carbocycles. The molecule has 1 heterocycles. The van der Waals surface area contributed by atoms with Crippen LogP contribution in [0.2, 0.25) is 0 Å². The van der Waals surface area contributed by atoms with E-state index in [-0.39, 0.29) is 0 Å². The van der Waals surface area contributed by atoms with Crippen LogP contribution in [0.3, 0.4) is 0 Å². The highest BCUT2D eigenvalue weighted by molar-refractivity contribution is 5.58. The monoisotopic (exact) mass is 185 g/mol. The van der Waals surface area contributed by atoms with E-state index in [0.29, 0.717) is 0 Å². The van der Waals surface area contributed by atoms with Crippen LogP contribution in [0.5, 0.6) is 0 Å². The van der Waals surface area contributed by atoms with Crippen molar-refractivity contribution in [3.63, 3.8) is 0 Å². The van der Waals surface area contributed by atoms with Gasteiger partial charge in [0.15, 0.2) is 0 Å². The minimum absolute atomic E-state index is 1.00. The third-order valence-electron chi connectivity index (χ3n) is 2.84. The summed E-state index contributed by atoms with van der Waals surface area (Å²) in [4.78, 5) is 2.42. The van der Waals surface area contributed by atoms with Gasteiger partial charge in [0, 0.05) is 24.3 Å². The van der Waals surface area contributed by atoms with E-state index in [1.165, 1.54) is 30.6 Å². The molecular weight excluding hydrogens is 170 g/mol.